The lowest BCUT2D eigenvalue weighted by Gasteiger charge is -2.14. The summed E-state index contributed by atoms with van der Waals surface area (Å²) in [5.41, 5.74) is 4.30. The van der Waals surface area contributed by atoms with Gasteiger partial charge in [-0.2, -0.15) is 0 Å². The van der Waals surface area contributed by atoms with Crippen molar-refractivity contribution in [3.63, 3.8) is 0 Å². The highest BCUT2D eigenvalue weighted by Gasteiger charge is 2.18. The summed E-state index contributed by atoms with van der Waals surface area (Å²) in [6.07, 6.45) is 3.92. The molecule has 5 aromatic rings. The van der Waals surface area contributed by atoms with E-state index < -0.39 is 0 Å². The number of carbonyl (C=O) groups excluding carboxylic acids is 1. The van der Waals surface area contributed by atoms with Gasteiger partial charge in [0.1, 0.15) is 18.0 Å². The summed E-state index contributed by atoms with van der Waals surface area (Å²) in [7, 11) is 1.74. The number of pyridine rings is 1. The second-order valence-electron chi connectivity index (χ2n) is 7.30. The first-order valence-electron chi connectivity index (χ1n) is 9.88. The fourth-order valence-electron chi connectivity index (χ4n) is 3.43. The number of benzene rings is 2. The van der Waals surface area contributed by atoms with E-state index in [1.165, 1.54) is 11.3 Å². The summed E-state index contributed by atoms with van der Waals surface area (Å²) in [5.74, 6) is 0.491. The number of para-hydroxylation sites is 1. The van der Waals surface area contributed by atoms with E-state index in [0.717, 1.165) is 27.1 Å². The number of aryl methyl sites for hydroxylation is 1. The van der Waals surface area contributed by atoms with Gasteiger partial charge in [0.05, 0.1) is 15.9 Å². The zero-order chi connectivity index (χ0) is 21.4. The van der Waals surface area contributed by atoms with E-state index in [0.29, 0.717) is 23.1 Å². The number of aromatic nitrogens is 3. The molecule has 0 radical (unpaired) electrons. The van der Waals surface area contributed by atoms with Crippen molar-refractivity contribution in [2.24, 2.45) is 0 Å². The molecule has 0 unspecified atom stereocenters. The molecule has 7 heteroatoms. The standard InChI is InChI=1S/C24H20N4O2S/c1-16-7-6-12-28-14-18(25-22(16)28)15-30-19-9-5-8-17(13-19)23(29)27(2)24-26-20-10-3-4-11-21(20)31-24/h3-14H,15H2,1-2H3. The fourth-order valence-corrected chi connectivity index (χ4v) is 4.36. The van der Waals surface area contributed by atoms with Crippen LogP contribution in [0, 0.1) is 6.92 Å². The van der Waals surface area contributed by atoms with E-state index >= 15 is 0 Å². The average Bonchev–Trinajstić information content (AvgIpc) is 3.42. The lowest BCUT2D eigenvalue weighted by Crippen LogP contribution is -2.26. The molecule has 0 saturated heterocycles. The first-order chi connectivity index (χ1) is 15.1. The number of hydrogen-bond donors (Lipinski definition) is 0. The number of nitrogens with zero attached hydrogens (tertiary/aromatic N) is 4. The number of hydrogen-bond acceptors (Lipinski definition) is 5. The molecule has 0 atom stereocenters. The van der Waals surface area contributed by atoms with E-state index in [4.69, 9.17) is 4.74 Å². The van der Waals surface area contributed by atoms with Crippen LogP contribution in [0.3, 0.4) is 0 Å². The van der Waals surface area contributed by atoms with Crippen LogP contribution in [-0.4, -0.2) is 27.3 Å². The molecule has 31 heavy (non-hydrogen) atoms. The van der Waals surface area contributed by atoms with Gasteiger partial charge in [-0.3, -0.25) is 9.69 Å². The Hall–Kier alpha value is -3.71. The van der Waals surface area contributed by atoms with Crippen LogP contribution in [-0.2, 0) is 6.61 Å². The van der Waals surface area contributed by atoms with E-state index in [9.17, 15) is 4.79 Å². The van der Waals surface area contributed by atoms with Crippen molar-refractivity contribution < 1.29 is 9.53 Å². The Morgan fingerprint density at radius 1 is 1.10 bits per heavy atom. The predicted molar refractivity (Wildman–Crippen MR) is 123 cm³/mol. The third-order valence-electron chi connectivity index (χ3n) is 5.07. The molecule has 5 rings (SSSR count). The number of ether oxygens (including phenoxy) is 1. The smallest absolute Gasteiger partial charge is 0.259 e. The van der Waals surface area contributed by atoms with Crippen molar-refractivity contribution in [1.29, 1.82) is 0 Å². The minimum Gasteiger partial charge on any atom is -0.487 e. The Kier molecular flexibility index (Phi) is 4.88. The molecular formula is C24H20N4O2S. The number of amides is 1. The Bertz CT molecular complexity index is 1370. The van der Waals surface area contributed by atoms with Crippen LogP contribution >= 0.6 is 11.3 Å². The number of rotatable bonds is 5. The van der Waals surface area contributed by atoms with Crippen molar-refractivity contribution in [2.75, 3.05) is 11.9 Å². The Balaban J connectivity index is 1.32. The van der Waals surface area contributed by atoms with Gasteiger partial charge in [-0.15, -0.1) is 0 Å². The second-order valence-corrected chi connectivity index (χ2v) is 8.31. The Morgan fingerprint density at radius 2 is 1.97 bits per heavy atom. The maximum Gasteiger partial charge on any atom is 0.259 e. The molecule has 0 aliphatic heterocycles. The van der Waals surface area contributed by atoms with Crippen molar-refractivity contribution >= 4 is 38.2 Å². The number of anilines is 1. The van der Waals surface area contributed by atoms with Gasteiger partial charge in [0.2, 0.25) is 0 Å². The predicted octanol–water partition coefficient (Wildman–Crippen LogP) is 5.11. The van der Waals surface area contributed by atoms with Crippen molar-refractivity contribution in [3.8, 4) is 5.75 Å². The van der Waals surface area contributed by atoms with Gasteiger partial charge in [-0.05, 0) is 48.9 Å². The highest BCUT2D eigenvalue weighted by Crippen LogP contribution is 2.29. The summed E-state index contributed by atoms with van der Waals surface area (Å²) < 4.78 is 8.97. The van der Waals surface area contributed by atoms with Gasteiger partial charge in [-0.25, -0.2) is 9.97 Å². The van der Waals surface area contributed by atoms with Gasteiger partial charge < -0.3 is 9.14 Å². The second kappa shape index (κ2) is 7.85. The summed E-state index contributed by atoms with van der Waals surface area (Å²) >= 11 is 1.50. The quantitative estimate of drug-likeness (QED) is 0.390. The van der Waals surface area contributed by atoms with Gasteiger partial charge >= 0.3 is 0 Å². The SMILES string of the molecule is Cc1cccn2cc(COc3cccc(C(=O)N(C)c4nc5ccccc5s4)c3)nc12. The van der Waals surface area contributed by atoms with Gasteiger partial charge in [-0.1, -0.05) is 35.6 Å². The maximum atomic E-state index is 13.0. The minimum absolute atomic E-state index is 0.132. The van der Waals surface area contributed by atoms with Gasteiger partial charge in [0, 0.05) is 25.0 Å². The van der Waals surface area contributed by atoms with Gasteiger partial charge in [0.25, 0.3) is 5.91 Å². The van der Waals surface area contributed by atoms with Gasteiger partial charge in [0.15, 0.2) is 5.13 Å². The average molecular weight is 429 g/mol. The topological polar surface area (TPSA) is 59.7 Å². The molecular weight excluding hydrogens is 408 g/mol. The lowest BCUT2D eigenvalue weighted by molar-refractivity contribution is 0.0992. The molecule has 6 nitrogen and oxygen atoms in total. The Morgan fingerprint density at radius 3 is 2.81 bits per heavy atom. The highest BCUT2D eigenvalue weighted by atomic mass is 32.1. The molecule has 154 valence electrons. The highest BCUT2D eigenvalue weighted by molar-refractivity contribution is 7.22. The normalized spacial score (nSPS) is 11.2. The van der Waals surface area contributed by atoms with Crippen LogP contribution in [0.15, 0.2) is 73.1 Å². The van der Waals surface area contributed by atoms with E-state index in [1.54, 1.807) is 24.1 Å². The molecule has 3 heterocycles. The summed E-state index contributed by atoms with van der Waals surface area (Å²) in [6.45, 7) is 2.36. The van der Waals surface area contributed by atoms with Crippen LogP contribution < -0.4 is 9.64 Å². The lowest BCUT2D eigenvalue weighted by atomic mass is 10.2. The van der Waals surface area contributed by atoms with Crippen molar-refractivity contribution in [3.05, 3.63) is 89.9 Å². The maximum absolute atomic E-state index is 13.0. The fraction of sp³-hybridized carbons (Fsp3) is 0.125. The summed E-state index contributed by atoms with van der Waals surface area (Å²) in [5, 5.41) is 0.664. The molecule has 0 aliphatic carbocycles. The van der Waals surface area contributed by atoms with Crippen molar-refractivity contribution in [2.45, 2.75) is 13.5 Å². The molecule has 0 aliphatic rings. The number of fused-ring (bicyclic) bond motifs is 2. The monoisotopic (exact) mass is 428 g/mol. The van der Waals surface area contributed by atoms with Crippen LogP contribution in [0.2, 0.25) is 0 Å². The summed E-state index contributed by atoms with van der Waals surface area (Å²) in [4.78, 5) is 23.8. The summed E-state index contributed by atoms with van der Waals surface area (Å²) in [6, 6.07) is 19.1. The first kappa shape index (κ1) is 19.3. The third kappa shape index (κ3) is 3.75. The van der Waals surface area contributed by atoms with Crippen LogP contribution in [0.4, 0.5) is 5.13 Å². The molecule has 0 bridgehead atoms. The zero-order valence-electron chi connectivity index (χ0n) is 17.1. The van der Waals surface area contributed by atoms with Crippen LogP contribution in [0.1, 0.15) is 21.6 Å². The van der Waals surface area contributed by atoms with Crippen LogP contribution in [0.25, 0.3) is 15.9 Å². The molecule has 1 amide bonds. The first-order valence-corrected chi connectivity index (χ1v) is 10.7. The van der Waals surface area contributed by atoms with E-state index in [1.807, 2.05) is 72.2 Å². The van der Waals surface area contributed by atoms with E-state index in [-0.39, 0.29) is 5.91 Å². The molecule has 0 saturated carbocycles. The zero-order valence-corrected chi connectivity index (χ0v) is 18.0. The molecule has 0 N–H and O–H groups in total. The minimum atomic E-state index is -0.132. The number of carbonyl (C=O) groups is 1. The molecule has 0 spiro atoms. The van der Waals surface area contributed by atoms with Crippen molar-refractivity contribution in [1.82, 2.24) is 14.4 Å². The Labute approximate surface area is 183 Å². The van der Waals surface area contributed by atoms with E-state index in [2.05, 4.69) is 9.97 Å². The van der Waals surface area contributed by atoms with Crippen LogP contribution in [0.5, 0.6) is 5.75 Å². The molecule has 0 fully saturated rings. The molecule has 3 aromatic heterocycles. The number of imidazole rings is 1. The number of thiazole rings is 1. The third-order valence-corrected chi connectivity index (χ3v) is 6.18. The molecule has 2 aromatic carbocycles. The largest absolute Gasteiger partial charge is 0.487 e.